The molecule has 0 aliphatic rings. The van der Waals surface area contributed by atoms with Crippen molar-refractivity contribution in [3.8, 4) is 5.75 Å². The second-order valence-corrected chi connectivity index (χ2v) is 7.03. The van der Waals surface area contributed by atoms with E-state index in [1.807, 2.05) is 73.7 Å². The Bertz CT molecular complexity index is 852. The van der Waals surface area contributed by atoms with Crippen LogP contribution in [0.25, 0.3) is 0 Å². The van der Waals surface area contributed by atoms with Crippen LogP contribution in [0.3, 0.4) is 0 Å². The first-order valence-electron chi connectivity index (χ1n) is 7.98. The smallest absolute Gasteiger partial charge is 0.326 e. The summed E-state index contributed by atoms with van der Waals surface area (Å²) < 4.78 is 10.6. The zero-order chi connectivity index (χ0) is 17.9. The molecule has 1 unspecified atom stereocenters. The number of hydrogen-bond donors (Lipinski definition) is 0. The summed E-state index contributed by atoms with van der Waals surface area (Å²) in [6.45, 7) is 2.04. The molecule has 4 heteroatoms. The normalized spacial score (nSPS) is 13.1. The van der Waals surface area contributed by atoms with Crippen LogP contribution in [-0.4, -0.2) is 20.2 Å². The second kappa shape index (κ2) is 7.11. The van der Waals surface area contributed by atoms with Crippen LogP contribution >= 0.6 is 11.3 Å². The van der Waals surface area contributed by atoms with Crippen molar-refractivity contribution in [1.82, 2.24) is 0 Å². The van der Waals surface area contributed by atoms with Crippen LogP contribution in [0.1, 0.15) is 20.9 Å². The molecule has 0 spiro atoms. The van der Waals surface area contributed by atoms with Crippen LogP contribution in [-0.2, 0) is 14.9 Å². The molecule has 0 radical (unpaired) electrons. The van der Waals surface area contributed by atoms with Crippen molar-refractivity contribution in [1.29, 1.82) is 0 Å². The summed E-state index contributed by atoms with van der Waals surface area (Å²) in [5.74, 6) is 0.448. The minimum atomic E-state index is -0.999. The van der Waals surface area contributed by atoms with Gasteiger partial charge < -0.3 is 9.47 Å². The van der Waals surface area contributed by atoms with Gasteiger partial charge in [0, 0.05) is 9.75 Å². The van der Waals surface area contributed by atoms with E-state index in [1.54, 1.807) is 18.4 Å². The van der Waals surface area contributed by atoms with Gasteiger partial charge in [-0.15, -0.1) is 11.3 Å². The largest absolute Gasteiger partial charge is 0.497 e. The fourth-order valence-electron chi connectivity index (χ4n) is 3.11. The first-order valence-corrected chi connectivity index (χ1v) is 8.80. The van der Waals surface area contributed by atoms with Crippen molar-refractivity contribution >= 4 is 17.3 Å². The fourth-order valence-corrected chi connectivity index (χ4v) is 4.20. The summed E-state index contributed by atoms with van der Waals surface area (Å²) >= 11 is 1.61. The lowest BCUT2D eigenvalue weighted by Gasteiger charge is -2.31. The Morgan fingerprint density at radius 3 is 2.04 bits per heavy atom. The van der Waals surface area contributed by atoms with Gasteiger partial charge in [0.25, 0.3) is 0 Å². The molecule has 0 bridgehead atoms. The van der Waals surface area contributed by atoms with E-state index in [-0.39, 0.29) is 5.97 Å². The monoisotopic (exact) mass is 352 g/mol. The van der Waals surface area contributed by atoms with Gasteiger partial charge in [0.15, 0.2) is 5.41 Å². The zero-order valence-corrected chi connectivity index (χ0v) is 15.3. The SMILES string of the molecule is COC(=O)C(c1ccccc1)(c1ccc(OC)cc1)c1ccc(C)s1. The Labute approximate surface area is 151 Å². The van der Waals surface area contributed by atoms with Crippen molar-refractivity contribution in [2.24, 2.45) is 0 Å². The van der Waals surface area contributed by atoms with Crippen LogP contribution in [0.2, 0.25) is 0 Å². The molecule has 3 nitrogen and oxygen atoms in total. The Balaban J connectivity index is 2.33. The maximum atomic E-state index is 13.2. The average molecular weight is 352 g/mol. The molecule has 3 rings (SSSR count). The number of aryl methyl sites for hydroxylation is 1. The molecular weight excluding hydrogens is 332 g/mol. The predicted octanol–water partition coefficient (Wildman–Crippen LogP) is 4.57. The third-order valence-corrected chi connectivity index (χ3v) is 5.45. The molecule has 1 aromatic heterocycles. The van der Waals surface area contributed by atoms with Gasteiger partial charge >= 0.3 is 5.97 Å². The molecule has 2 aromatic carbocycles. The van der Waals surface area contributed by atoms with E-state index in [4.69, 9.17) is 9.47 Å². The maximum Gasteiger partial charge on any atom is 0.326 e. The highest BCUT2D eigenvalue weighted by molar-refractivity contribution is 7.12. The molecule has 0 saturated carbocycles. The number of carbonyl (C=O) groups excluding carboxylic acids is 1. The molecule has 0 N–H and O–H groups in total. The third-order valence-electron chi connectivity index (χ3n) is 4.33. The maximum absolute atomic E-state index is 13.2. The molecule has 3 aromatic rings. The lowest BCUT2D eigenvalue weighted by molar-refractivity contribution is -0.144. The summed E-state index contributed by atoms with van der Waals surface area (Å²) in [5.41, 5.74) is 0.739. The Morgan fingerprint density at radius 1 is 0.880 bits per heavy atom. The number of hydrogen-bond acceptors (Lipinski definition) is 4. The number of thiophene rings is 1. The molecule has 0 saturated heterocycles. The highest BCUT2D eigenvalue weighted by Gasteiger charge is 2.46. The zero-order valence-electron chi connectivity index (χ0n) is 14.5. The molecular formula is C21H20O3S. The highest BCUT2D eigenvalue weighted by atomic mass is 32.1. The van der Waals surface area contributed by atoms with Crippen LogP contribution < -0.4 is 4.74 Å². The number of carbonyl (C=O) groups is 1. The fraction of sp³-hybridized carbons (Fsp3) is 0.190. The molecule has 25 heavy (non-hydrogen) atoms. The van der Waals surface area contributed by atoms with Crippen LogP contribution in [0, 0.1) is 6.92 Å². The van der Waals surface area contributed by atoms with Gasteiger partial charge in [0.2, 0.25) is 0 Å². The van der Waals surface area contributed by atoms with E-state index in [0.717, 1.165) is 26.6 Å². The van der Waals surface area contributed by atoms with E-state index in [1.165, 1.54) is 7.11 Å². The van der Waals surface area contributed by atoms with Crippen LogP contribution in [0.4, 0.5) is 0 Å². The van der Waals surface area contributed by atoms with Gasteiger partial charge in [-0.25, -0.2) is 0 Å². The summed E-state index contributed by atoms with van der Waals surface area (Å²) in [4.78, 5) is 15.2. The second-order valence-electron chi connectivity index (χ2n) is 5.75. The van der Waals surface area contributed by atoms with Crippen molar-refractivity contribution in [2.75, 3.05) is 14.2 Å². The lowest BCUT2D eigenvalue weighted by Crippen LogP contribution is -2.38. The quantitative estimate of drug-likeness (QED) is 0.631. The molecule has 1 heterocycles. The summed E-state index contributed by atoms with van der Waals surface area (Å²) in [5, 5.41) is 0. The van der Waals surface area contributed by atoms with E-state index in [2.05, 4.69) is 0 Å². The number of ether oxygens (including phenoxy) is 2. The Kier molecular flexibility index (Phi) is 4.91. The van der Waals surface area contributed by atoms with E-state index < -0.39 is 5.41 Å². The van der Waals surface area contributed by atoms with E-state index in [0.29, 0.717) is 0 Å². The molecule has 0 amide bonds. The minimum Gasteiger partial charge on any atom is -0.497 e. The standard InChI is InChI=1S/C21H20O3S/c1-15-9-14-19(25-15)21(20(22)24-3,16-7-5-4-6-8-16)17-10-12-18(23-2)13-11-17/h4-14H,1-3H3. The van der Waals surface area contributed by atoms with Gasteiger partial charge in [-0.05, 0) is 42.3 Å². The highest BCUT2D eigenvalue weighted by Crippen LogP contribution is 2.43. The van der Waals surface area contributed by atoms with Gasteiger partial charge in [0.1, 0.15) is 5.75 Å². The molecule has 0 fully saturated rings. The van der Waals surface area contributed by atoms with Gasteiger partial charge in [-0.2, -0.15) is 0 Å². The predicted molar refractivity (Wildman–Crippen MR) is 100 cm³/mol. The number of benzene rings is 2. The molecule has 0 aliphatic heterocycles. The van der Waals surface area contributed by atoms with E-state index >= 15 is 0 Å². The Hall–Kier alpha value is -2.59. The van der Waals surface area contributed by atoms with Gasteiger partial charge in [-0.3, -0.25) is 4.79 Å². The number of methoxy groups -OCH3 is 2. The molecule has 0 aliphatic carbocycles. The molecule has 1 atom stereocenters. The molecule has 128 valence electrons. The average Bonchev–Trinajstić information content (AvgIpc) is 3.10. The summed E-state index contributed by atoms with van der Waals surface area (Å²) in [6.07, 6.45) is 0. The third kappa shape index (κ3) is 2.94. The van der Waals surface area contributed by atoms with Crippen molar-refractivity contribution in [2.45, 2.75) is 12.3 Å². The Morgan fingerprint density at radius 2 is 1.52 bits per heavy atom. The van der Waals surface area contributed by atoms with Gasteiger partial charge in [-0.1, -0.05) is 42.5 Å². The minimum absolute atomic E-state index is 0.300. The van der Waals surface area contributed by atoms with Crippen molar-refractivity contribution in [3.05, 3.63) is 87.6 Å². The van der Waals surface area contributed by atoms with E-state index in [9.17, 15) is 4.79 Å². The first-order chi connectivity index (χ1) is 12.1. The number of rotatable bonds is 5. The topological polar surface area (TPSA) is 35.5 Å². The van der Waals surface area contributed by atoms with Crippen molar-refractivity contribution < 1.29 is 14.3 Å². The van der Waals surface area contributed by atoms with Gasteiger partial charge in [0.05, 0.1) is 14.2 Å². The summed E-state index contributed by atoms with van der Waals surface area (Å²) in [7, 11) is 3.06. The summed E-state index contributed by atoms with van der Waals surface area (Å²) in [6, 6.07) is 21.4. The van der Waals surface area contributed by atoms with Crippen LogP contribution in [0.15, 0.2) is 66.7 Å². The number of esters is 1. The lowest BCUT2D eigenvalue weighted by atomic mass is 9.73. The first kappa shape index (κ1) is 17.2. The van der Waals surface area contributed by atoms with Crippen LogP contribution in [0.5, 0.6) is 5.75 Å². The van der Waals surface area contributed by atoms with Crippen molar-refractivity contribution in [3.63, 3.8) is 0 Å².